The summed E-state index contributed by atoms with van der Waals surface area (Å²) in [4.78, 5) is 12.5. The average molecular weight is 344 g/mol. The van der Waals surface area contributed by atoms with Crippen molar-refractivity contribution in [2.45, 2.75) is 51.4 Å². The molecule has 5 nitrogen and oxygen atoms in total. The Morgan fingerprint density at radius 2 is 2.21 bits per heavy atom. The predicted molar refractivity (Wildman–Crippen MR) is 79.2 cm³/mol. The van der Waals surface area contributed by atoms with Crippen molar-refractivity contribution in [2.75, 3.05) is 0 Å². The summed E-state index contributed by atoms with van der Waals surface area (Å²) in [5, 5.41) is 14.6. The van der Waals surface area contributed by atoms with Gasteiger partial charge in [-0.3, -0.25) is 4.79 Å². The Balaban J connectivity index is 2.01. The molecule has 0 bridgehead atoms. The molecule has 1 N–H and O–H groups in total. The van der Waals surface area contributed by atoms with Gasteiger partial charge in [0.15, 0.2) is 5.76 Å². The van der Waals surface area contributed by atoms with Crippen LogP contribution in [0.5, 0.6) is 0 Å². The lowest BCUT2D eigenvalue weighted by molar-refractivity contribution is -0.313. The molecule has 1 saturated carbocycles. The van der Waals surface area contributed by atoms with Crippen LogP contribution in [-0.2, 0) is 0 Å². The molecule has 1 aliphatic heterocycles. The molecular weight excluding hydrogens is 325 g/mol. The first-order chi connectivity index (χ1) is 11.2. The van der Waals surface area contributed by atoms with E-state index in [4.69, 9.17) is 4.42 Å². The van der Waals surface area contributed by atoms with Crippen LogP contribution in [0.3, 0.4) is 0 Å². The van der Waals surface area contributed by atoms with E-state index in [9.17, 15) is 23.1 Å². The van der Waals surface area contributed by atoms with Crippen molar-refractivity contribution in [1.29, 1.82) is 0 Å². The summed E-state index contributed by atoms with van der Waals surface area (Å²) >= 11 is 0. The van der Waals surface area contributed by atoms with E-state index >= 15 is 0 Å². The Morgan fingerprint density at radius 3 is 2.75 bits per heavy atom. The number of alkyl halides is 3. The molecule has 1 aliphatic carbocycles. The van der Waals surface area contributed by atoms with Gasteiger partial charge >= 0.3 is 12.1 Å². The first kappa shape index (κ1) is 17.0. The monoisotopic (exact) mass is 344 g/mol. The molecule has 3 rings (SSSR count). The van der Waals surface area contributed by atoms with Crippen LogP contribution in [0.15, 0.2) is 21.7 Å². The molecule has 0 saturated heterocycles. The van der Waals surface area contributed by atoms with Crippen molar-refractivity contribution >= 4 is 11.6 Å². The summed E-state index contributed by atoms with van der Waals surface area (Å²) < 4.78 is 46.3. The number of furan rings is 1. The summed E-state index contributed by atoms with van der Waals surface area (Å²) in [6.45, 7) is 3.48. The van der Waals surface area contributed by atoms with E-state index in [2.05, 4.69) is 5.10 Å². The van der Waals surface area contributed by atoms with Crippen LogP contribution in [0.2, 0.25) is 0 Å². The maximum Gasteiger partial charge on any atom is 0.439 e. The molecule has 3 atom stereocenters. The standard InChI is InChI=1S/C16H19F3N2O3/c1-3-10-5-6-12-11(8-10)15(23,16(17,18)19)21(20-12)14(22)13-7-4-9(2)24-13/h4,7,10-11,23H,3,5-6,8H2,1-2H3/t10-,11-,15-/m1/s1. The lowest BCUT2D eigenvalue weighted by Crippen LogP contribution is -2.61. The zero-order valence-electron chi connectivity index (χ0n) is 13.4. The molecule has 1 aromatic heterocycles. The Labute approximate surface area is 137 Å². The Bertz CT molecular complexity index is 682. The fourth-order valence-electron chi connectivity index (χ4n) is 3.52. The van der Waals surface area contributed by atoms with Crippen molar-refractivity contribution in [3.63, 3.8) is 0 Å². The van der Waals surface area contributed by atoms with Crippen LogP contribution in [0.1, 0.15) is 48.9 Å². The van der Waals surface area contributed by atoms with Crippen molar-refractivity contribution in [3.8, 4) is 0 Å². The predicted octanol–water partition coefficient (Wildman–Crippen LogP) is 3.48. The topological polar surface area (TPSA) is 66.0 Å². The summed E-state index contributed by atoms with van der Waals surface area (Å²) in [6.07, 6.45) is -3.07. The van der Waals surface area contributed by atoms with E-state index in [1.54, 1.807) is 6.92 Å². The summed E-state index contributed by atoms with van der Waals surface area (Å²) in [5.41, 5.74) is -3.09. The Kier molecular flexibility index (Phi) is 3.98. The molecule has 1 fully saturated rings. The minimum Gasteiger partial charge on any atom is -0.456 e. The van der Waals surface area contributed by atoms with Crippen LogP contribution in [0.4, 0.5) is 13.2 Å². The third-order valence-corrected chi connectivity index (χ3v) is 4.96. The number of hydrogen-bond acceptors (Lipinski definition) is 4. The second-order valence-electron chi connectivity index (χ2n) is 6.44. The smallest absolute Gasteiger partial charge is 0.439 e. The zero-order valence-corrected chi connectivity index (χ0v) is 13.4. The average Bonchev–Trinajstić information content (AvgIpc) is 3.08. The number of aryl methyl sites for hydroxylation is 1. The normalized spacial score (nSPS) is 30.2. The number of halogens is 3. The van der Waals surface area contributed by atoms with Crippen molar-refractivity contribution in [3.05, 3.63) is 23.7 Å². The van der Waals surface area contributed by atoms with Gasteiger partial charge in [0.1, 0.15) is 5.76 Å². The number of carbonyl (C=O) groups excluding carboxylic acids is 1. The lowest BCUT2D eigenvalue weighted by Gasteiger charge is -2.39. The van der Waals surface area contributed by atoms with Gasteiger partial charge in [-0.15, -0.1) is 0 Å². The second kappa shape index (κ2) is 5.61. The van der Waals surface area contributed by atoms with Gasteiger partial charge in [-0.05, 0) is 44.2 Å². The molecule has 0 radical (unpaired) electrons. The second-order valence-corrected chi connectivity index (χ2v) is 6.44. The van der Waals surface area contributed by atoms with E-state index in [-0.39, 0.29) is 28.8 Å². The molecule has 1 amide bonds. The van der Waals surface area contributed by atoms with Crippen LogP contribution < -0.4 is 0 Å². The molecule has 2 heterocycles. The SMILES string of the molecule is CC[C@@H]1CCC2=NN(C(=O)c3ccc(C)o3)[C@](O)(C(F)(F)F)[C@@H]2C1. The molecule has 1 aromatic rings. The first-order valence-electron chi connectivity index (χ1n) is 7.96. The first-order valence-corrected chi connectivity index (χ1v) is 7.96. The van der Waals surface area contributed by atoms with Crippen molar-refractivity contribution in [1.82, 2.24) is 5.01 Å². The number of hydrogen-bond donors (Lipinski definition) is 1. The third kappa shape index (κ3) is 2.44. The highest BCUT2D eigenvalue weighted by Gasteiger charge is 2.69. The minimum absolute atomic E-state index is 0.0729. The highest BCUT2D eigenvalue weighted by molar-refractivity contribution is 5.98. The van der Waals surface area contributed by atoms with Gasteiger partial charge in [0, 0.05) is 5.71 Å². The molecule has 132 valence electrons. The minimum atomic E-state index is -5.02. The van der Waals surface area contributed by atoms with E-state index < -0.39 is 23.7 Å². The fourth-order valence-corrected chi connectivity index (χ4v) is 3.52. The maximum absolute atomic E-state index is 13.7. The Morgan fingerprint density at radius 1 is 1.50 bits per heavy atom. The number of carbonyl (C=O) groups is 1. The summed E-state index contributed by atoms with van der Waals surface area (Å²) in [6, 6.07) is 2.76. The number of amides is 1. The lowest BCUT2D eigenvalue weighted by atomic mass is 9.74. The molecule has 0 aromatic carbocycles. The molecule has 0 spiro atoms. The van der Waals surface area contributed by atoms with Gasteiger partial charge in [-0.1, -0.05) is 13.3 Å². The summed E-state index contributed by atoms with van der Waals surface area (Å²) in [5.74, 6) is -2.12. The largest absolute Gasteiger partial charge is 0.456 e. The number of aliphatic hydroxyl groups is 1. The van der Waals surface area contributed by atoms with Crippen LogP contribution in [0, 0.1) is 18.8 Å². The van der Waals surface area contributed by atoms with E-state index in [0.29, 0.717) is 18.6 Å². The number of rotatable bonds is 2. The highest BCUT2D eigenvalue weighted by atomic mass is 19.4. The van der Waals surface area contributed by atoms with Crippen molar-refractivity contribution in [2.24, 2.45) is 16.9 Å². The highest BCUT2D eigenvalue weighted by Crippen LogP contribution is 2.50. The van der Waals surface area contributed by atoms with E-state index in [0.717, 1.165) is 6.42 Å². The van der Waals surface area contributed by atoms with Crippen LogP contribution in [0.25, 0.3) is 0 Å². The molecular formula is C16H19F3N2O3. The zero-order chi connectivity index (χ0) is 17.7. The quantitative estimate of drug-likeness (QED) is 0.893. The third-order valence-electron chi connectivity index (χ3n) is 4.96. The van der Waals surface area contributed by atoms with Gasteiger partial charge in [0.05, 0.1) is 5.92 Å². The van der Waals surface area contributed by atoms with Gasteiger partial charge in [-0.2, -0.15) is 23.3 Å². The van der Waals surface area contributed by atoms with Gasteiger partial charge in [0.2, 0.25) is 0 Å². The van der Waals surface area contributed by atoms with E-state index in [1.165, 1.54) is 12.1 Å². The number of fused-ring (bicyclic) bond motifs is 1. The molecule has 0 unspecified atom stereocenters. The number of nitrogens with zero attached hydrogens (tertiary/aromatic N) is 2. The van der Waals surface area contributed by atoms with Gasteiger partial charge in [-0.25, -0.2) is 0 Å². The molecule has 2 aliphatic rings. The Hall–Kier alpha value is -1.83. The maximum atomic E-state index is 13.7. The van der Waals surface area contributed by atoms with E-state index in [1.807, 2.05) is 6.92 Å². The molecule has 24 heavy (non-hydrogen) atoms. The van der Waals surface area contributed by atoms with Gasteiger partial charge in [0.25, 0.3) is 5.72 Å². The summed E-state index contributed by atoms with van der Waals surface area (Å²) in [7, 11) is 0. The number of hydrazone groups is 1. The fraction of sp³-hybridized carbons (Fsp3) is 0.625. The van der Waals surface area contributed by atoms with Crippen LogP contribution >= 0.6 is 0 Å². The van der Waals surface area contributed by atoms with Crippen LogP contribution in [-0.4, -0.2) is 33.6 Å². The molecule has 8 heteroatoms. The van der Waals surface area contributed by atoms with Gasteiger partial charge < -0.3 is 9.52 Å². The van der Waals surface area contributed by atoms with Crippen molar-refractivity contribution < 1.29 is 27.5 Å².